The maximum absolute atomic E-state index is 13.2. The van der Waals surface area contributed by atoms with E-state index in [1.807, 2.05) is 0 Å². The largest absolute Gasteiger partial charge is 0.348 e. The smallest absolute Gasteiger partial charge is 0.251 e. The summed E-state index contributed by atoms with van der Waals surface area (Å²) < 4.78 is 13.2. The highest BCUT2D eigenvalue weighted by atomic mass is 19.1. The highest BCUT2D eigenvalue weighted by Crippen LogP contribution is 2.15. The van der Waals surface area contributed by atoms with Gasteiger partial charge in [0.2, 0.25) is 0 Å². The van der Waals surface area contributed by atoms with E-state index in [1.54, 1.807) is 13.0 Å². The van der Waals surface area contributed by atoms with Crippen molar-refractivity contribution in [2.24, 2.45) is 0 Å². The van der Waals surface area contributed by atoms with E-state index in [-0.39, 0.29) is 23.8 Å². The molecule has 1 fully saturated rings. The van der Waals surface area contributed by atoms with Gasteiger partial charge in [-0.3, -0.25) is 4.79 Å². The van der Waals surface area contributed by atoms with Crippen LogP contribution in [0.1, 0.15) is 42.6 Å². The predicted molar refractivity (Wildman–Crippen MR) is 73.7 cm³/mol. The van der Waals surface area contributed by atoms with Crippen molar-refractivity contribution in [2.45, 2.75) is 51.7 Å². The summed E-state index contributed by atoms with van der Waals surface area (Å²) >= 11 is 0. The molecule has 0 radical (unpaired) electrons. The fourth-order valence-corrected chi connectivity index (χ4v) is 2.56. The minimum absolute atomic E-state index is 0.128. The summed E-state index contributed by atoms with van der Waals surface area (Å²) in [4.78, 5) is 12.1. The van der Waals surface area contributed by atoms with Crippen LogP contribution in [-0.2, 0) is 0 Å². The number of aryl methyl sites for hydroxylation is 1. The van der Waals surface area contributed by atoms with Gasteiger partial charge in [0.15, 0.2) is 0 Å². The molecule has 19 heavy (non-hydrogen) atoms. The number of nitrogens with one attached hydrogen (secondary N) is 2. The average molecular weight is 264 g/mol. The van der Waals surface area contributed by atoms with Gasteiger partial charge in [-0.15, -0.1) is 0 Å². The molecule has 0 aromatic heterocycles. The Bertz CT molecular complexity index is 475. The van der Waals surface area contributed by atoms with E-state index in [4.69, 9.17) is 0 Å². The lowest BCUT2D eigenvalue weighted by Crippen LogP contribution is -2.54. The van der Waals surface area contributed by atoms with E-state index >= 15 is 0 Å². The van der Waals surface area contributed by atoms with Gasteiger partial charge in [0.1, 0.15) is 5.82 Å². The molecule has 0 aliphatic carbocycles. The van der Waals surface area contributed by atoms with Gasteiger partial charge in [-0.05, 0) is 57.4 Å². The van der Waals surface area contributed by atoms with Gasteiger partial charge in [0.05, 0.1) is 0 Å². The second kappa shape index (κ2) is 5.70. The van der Waals surface area contributed by atoms with Crippen LogP contribution < -0.4 is 10.6 Å². The zero-order chi connectivity index (χ0) is 14.0. The third-order valence-corrected chi connectivity index (χ3v) is 3.80. The molecule has 1 aromatic rings. The first-order valence-electron chi connectivity index (χ1n) is 6.80. The number of piperidine rings is 1. The topological polar surface area (TPSA) is 41.1 Å². The molecule has 3 nitrogen and oxygen atoms in total. The molecule has 1 saturated heterocycles. The molecule has 1 aliphatic heterocycles. The molecule has 104 valence electrons. The standard InChI is InChI=1S/C15H21FN2O/c1-9-8-12(5-6-13(9)16)15(19)18-14-7-4-10(2)17-11(14)3/h5-6,8,10-11,14,17H,4,7H2,1-3H3,(H,18,19). The van der Waals surface area contributed by atoms with E-state index in [2.05, 4.69) is 24.5 Å². The molecule has 0 bridgehead atoms. The van der Waals surface area contributed by atoms with Crippen LogP contribution in [0.4, 0.5) is 4.39 Å². The zero-order valence-corrected chi connectivity index (χ0v) is 11.7. The summed E-state index contributed by atoms with van der Waals surface area (Å²) in [6.45, 7) is 5.90. The Labute approximate surface area is 113 Å². The molecule has 0 spiro atoms. The van der Waals surface area contributed by atoms with E-state index in [0.29, 0.717) is 17.2 Å². The number of halogens is 1. The second-order valence-corrected chi connectivity index (χ2v) is 5.48. The fraction of sp³-hybridized carbons (Fsp3) is 0.533. The van der Waals surface area contributed by atoms with Gasteiger partial charge in [0, 0.05) is 23.7 Å². The van der Waals surface area contributed by atoms with Gasteiger partial charge >= 0.3 is 0 Å². The summed E-state index contributed by atoms with van der Waals surface area (Å²) in [7, 11) is 0. The third-order valence-electron chi connectivity index (χ3n) is 3.80. The predicted octanol–water partition coefficient (Wildman–Crippen LogP) is 2.39. The van der Waals surface area contributed by atoms with Gasteiger partial charge in [0.25, 0.3) is 5.91 Å². The van der Waals surface area contributed by atoms with Crippen molar-refractivity contribution in [1.29, 1.82) is 0 Å². The first-order valence-corrected chi connectivity index (χ1v) is 6.80. The minimum atomic E-state index is -0.280. The van der Waals surface area contributed by atoms with Crippen LogP contribution in [0, 0.1) is 12.7 Å². The van der Waals surface area contributed by atoms with Crippen LogP contribution in [0.5, 0.6) is 0 Å². The number of hydrogen-bond acceptors (Lipinski definition) is 2. The molecule has 2 N–H and O–H groups in total. The summed E-state index contributed by atoms with van der Waals surface area (Å²) in [6.07, 6.45) is 2.03. The molecule has 4 heteroatoms. The lowest BCUT2D eigenvalue weighted by atomic mass is 9.95. The summed E-state index contributed by atoms with van der Waals surface area (Å²) in [5.41, 5.74) is 1.01. The maximum atomic E-state index is 13.2. The summed E-state index contributed by atoms with van der Waals surface area (Å²) in [5.74, 6) is -0.408. The van der Waals surface area contributed by atoms with Crippen LogP contribution in [0.2, 0.25) is 0 Å². The van der Waals surface area contributed by atoms with Crippen molar-refractivity contribution in [3.8, 4) is 0 Å². The Morgan fingerprint density at radius 3 is 2.74 bits per heavy atom. The van der Waals surface area contributed by atoms with Crippen molar-refractivity contribution in [3.05, 3.63) is 35.1 Å². The molecule has 1 amide bonds. The molecular weight excluding hydrogens is 243 g/mol. The van der Waals surface area contributed by atoms with Crippen molar-refractivity contribution in [3.63, 3.8) is 0 Å². The molecule has 1 aromatic carbocycles. The normalized spacial score (nSPS) is 27.1. The van der Waals surface area contributed by atoms with Gasteiger partial charge in [-0.2, -0.15) is 0 Å². The summed E-state index contributed by atoms with van der Waals surface area (Å²) in [5, 5.41) is 6.46. The highest BCUT2D eigenvalue weighted by Gasteiger charge is 2.26. The van der Waals surface area contributed by atoms with Crippen molar-refractivity contribution >= 4 is 5.91 Å². The van der Waals surface area contributed by atoms with Crippen molar-refractivity contribution < 1.29 is 9.18 Å². The third kappa shape index (κ3) is 3.32. The summed E-state index contributed by atoms with van der Waals surface area (Å²) in [6, 6.07) is 5.35. The fourth-order valence-electron chi connectivity index (χ4n) is 2.56. The van der Waals surface area contributed by atoms with Crippen LogP contribution in [-0.4, -0.2) is 24.0 Å². The zero-order valence-electron chi connectivity index (χ0n) is 11.7. The Balaban J connectivity index is 2.02. The minimum Gasteiger partial charge on any atom is -0.348 e. The van der Waals surface area contributed by atoms with Crippen molar-refractivity contribution in [1.82, 2.24) is 10.6 Å². The number of amides is 1. The Hall–Kier alpha value is -1.42. The Morgan fingerprint density at radius 2 is 2.11 bits per heavy atom. The maximum Gasteiger partial charge on any atom is 0.251 e. The molecule has 0 saturated carbocycles. The highest BCUT2D eigenvalue weighted by molar-refractivity contribution is 5.94. The van der Waals surface area contributed by atoms with E-state index in [9.17, 15) is 9.18 Å². The van der Waals surface area contributed by atoms with Gasteiger partial charge in [-0.25, -0.2) is 4.39 Å². The van der Waals surface area contributed by atoms with Gasteiger partial charge < -0.3 is 10.6 Å². The lowest BCUT2D eigenvalue weighted by molar-refractivity contribution is 0.0914. The van der Waals surface area contributed by atoms with Crippen LogP contribution >= 0.6 is 0 Å². The van der Waals surface area contributed by atoms with Crippen molar-refractivity contribution in [2.75, 3.05) is 0 Å². The van der Waals surface area contributed by atoms with E-state index in [1.165, 1.54) is 12.1 Å². The number of hydrogen-bond donors (Lipinski definition) is 2. The molecule has 1 heterocycles. The Morgan fingerprint density at radius 1 is 1.37 bits per heavy atom. The quantitative estimate of drug-likeness (QED) is 0.861. The monoisotopic (exact) mass is 264 g/mol. The van der Waals surface area contributed by atoms with E-state index < -0.39 is 0 Å². The molecule has 1 aliphatic rings. The lowest BCUT2D eigenvalue weighted by Gasteiger charge is -2.34. The van der Waals surface area contributed by atoms with Crippen LogP contribution in [0.15, 0.2) is 18.2 Å². The molecule has 3 unspecified atom stereocenters. The number of benzene rings is 1. The van der Waals surface area contributed by atoms with Gasteiger partial charge in [-0.1, -0.05) is 0 Å². The number of rotatable bonds is 2. The average Bonchev–Trinajstić information content (AvgIpc) is 2.36. The first kappa shape index (κ1) is 14.0. The second-order valence-electron chi connectivity index (χ2n) is 5.48. The molecule has 2 rings (SSSR count). The van der Waals surface area contributed by atoms with E-state index in [0.717, 1.165) is 12.8 Å². The van der Waals surface area contributed by atoms with Crippen LogP contribution in [0.3, 0.4) is 0 Å². The Kier molecular flexibility index (Phi) is 4.20. The SMILES string of the molecule is Cc1cc(C(=O)NC2CCC(C)NC2C)ccc1F. The number of carbonyl (C=O) groups excluding carboxylic acids is 1. The first-order chi connectivity index (χ1) is 8.97. The molecule has 3 atom stereocenters. The molecular formula is C15H21FN2O. The number of carbonyl (C=O) groups is 1. The van der Waals surface area contributed by atoms with Crippen LogP contribution in [0.25, 0.3) is 0 Å².